The smallest absolute Gasteiger partial charge is 0.359 e. The molecule has 3 heterocycles. The van der Waals surface area contributed by atoms with Gasteiger partial charge < -0.3 is 9.64 Å². The zero-order valence-electron chi connectivity index (χ0n) is 13.9. The lowest BCUT2D eigenvalue weighted by Gasteiger charge is -2.39. The Bertz CT molecular complexity index is 847. The number of carbonyl (C=O) groups excluding carboxylic acids is 2. The average Bonchev–Trinajstić information content (AvgIpc) is 2.86. The van der Waals surface area contributed by atoms with Gasteiger partial charge in [-0.05, 0) is 39.3 Å². The van der Waals surface area contributed by atoms with Crippen LogP contribution in [0.2, 0.25) is 0 Å². The summed E-state index contributed by atoms with van der Waals surface area (Å²) in [6.07, 6.45) is 2.43. The fourth-order valence-electron chi connectivity index (χ4n) is 3.29. The maximum absolute atomic E-state index is 12.8. The Morgan fingerprint density at radius 3 is 2.71 bits per heavy atom. The maximum atomic E-state index is 12.8. The highest BCUT2D eigenvalue weighted by Crippen LogP contribution is 2.41. The average molecular weight is 325 g/mol. The first-order chi connectivity index (χ1) is 11.4. The standard InChI is InChI=1S/C18H19N3O3/c1-18(2,3)24-17(23)14-15-13-8-9-20(13)16(22)11-6-4-5-7-12(11)21(15)10-19-14/h4-7,10,13H,8-9H2,1-3H3/t13-/m0/s1. The number of amides is 1. The Morgan fingerprint density at radius 2 is 2.04 bits per heavy atom. The monoisotopic (exact) mass is 325 g/mol. The second-order valence-corrected chi connectivity index (χ2v) is 7.17. The number of aromatic nitrogens is 2. The summed E-state index contributed by atoms with van der Waals surface area (Å²) in [6, 6.07) is 7.29. The molecule has 0 N–H and O–H groups in total. The van der Waals surface area contributed by atoms with Gasteiger partial charge in [-0.1, -0.05) is 12.1 Å². The fraction of sp³-hybridized carbons (Fsp3) is 0.389. The highest BCUT2D eigenvalue weighted by atomic mass is 16.6. The van der Waals surface area contributed by atoms with Crippen LogP contribution in [0.25, 0.3) is 5.69 Å². The number of para-hydroxylation sites is 1. The molecule has 1 aromatic heterocycles. The van der Waals surface area contributed by atoms with Gasteiger partial charge in [0.15, 0.2) is 5.69 Å². The molecule has 0 unspecified atom stereocenters. The van der Waals surface area contributed by atoms with Gasteiger partial charge in [0.05, 0.1) is 23.0 Å². The topological polar surface area (TPSA) is 64.4 Å². The molecule has 1 saturated heterocycles. The number of nitrogens with zero attached hydrogens (tertiary/aromatic N) is 3. The van der Waals surface area contributed by atoms with E-state index in [1.54, 1.807) is 11.2 Å². The van der Waals surface area contributed by atoms with E-state index in [-0.39, 0.29) is 11.9 Å². The van der Waals surface area contributed by atoms with Crippen molar-refractivity contribution in [2.75, 3.05) is 6.54 Å². The van der Waals surface area contributed by atoms with E-state index in [0.29, 0.717) is 17.8 Å². The molecular weight excluding hydrogens is 306 g/mol. The van der Waals surface area contributed by atoms with Crippen LogP contribution < -0.4 is 0 Å². The molecular formula is C18H19N3O3. The molecule has 0 saturated carbocycles. The molecule has 24 heavy (non-hydrogen) atoms. The summed E-state index contributed by atoms with van der Waals surface area (Å²) in [4.78, 5) is 31.4. The van der Waals surface area contributed by atoms with Crippen LogP contribution in [-0.2, 0) is 4.74 Å². The first-order valence-electron chi connectivity index (χ1n) is 8.08. The molecule has 1 atom stereocenters. The van der Waals surface area contributed by atoms with Gasteiger partial charge in [-0.3, -0.25) is 9.36 Å². The van der Waals surface area contributed by atoms with Crippen molar-refractivity contribution in [3.63, 3.8) is 0 Å². The molecule has 124 valence electrons. The van der Waals surface area contributed by atoms with Crippen LogP contribution in [0.15, 0.2) is 30.6 Å². The Morgan fingerprint density at radius 1 is 1.29 bits per heavy atom. The number of esters is 1. The fourth-order valence-corrected chi connectivity index (χ4v) is 3.29. The second kappa shape index (κ2) is 4.93. The molecule has 0 spiro atoms. The predicted molar refractivity (Wildman–Crippen MR) is 87.1 cm³/mol. The van der Waals surface area contributed by atoms with Crippen molar-refractivity contribution >= 4 is 11.9 Å². The number of hydrogen-bond donors (Lipinski definition) is 0. The number of carbonyl (C=O) groups is 2. The quantitative estimate of drug-likeness (QED) is 0.756. The Balaban J connectivity index is 1.87. The molecule has 2 aliphatic heterocycles. The van der Waals surface area contributed by atoms with E-state index in [4.69, 9.17) is 4.74 Å². The molecule has 4 rings (SSSR count). The first kappa shape index (κ1) is 14.9. The van der Waals surface area contributed by atoms with Crippen molar-refractivity contribution in [3.8, 4) is 5.69 Å². The summed E-state index contributed by atoms with van der Waals surface area (Å²) in [5.41, 5.74) is 1.84. The molecule has 2 aromatic rings. The molecule has 0 bridgehead atoms. The van der Waals surface area contributed by atoms with Crippen LogP contribution in [0.3, 0.4) is 0 Å². The molecule has 6 nitrogen and oxygen atoms in total. The summed E-state index contributed by atoms with van der Waals surface area (Å²) in [5.74, 6) is -0.449. The van der Waals surface area contributed by atoms with Gasteiger partial charge in [-0.15, -0.1) is 0 Å². The zero-order chi connectivity index (χ0) is 17.1. The van der Waals surface area contributed by atoms with Gasteiger partial charge in [0, 0.05) is 6.54 Å². The number of ether oxygens (including phenoxy) is 1. The van der Waals surface area contributed by atoms with Crippen LogP contribution in [0.1, 0.15) is 59.8 Å². The van der Waals surface area contributed by atoms with Crippen LogP contribution >= 0.6 is 0 Å². The maximum Gasteiger partial charge on any atom is 0.359 e. The van der Waals surface area contributed by atoms with E-state index in [2.05, 4.69) is 4.98 Å². The molecule has 2 aliphatic rings. The van der Waals surface area contributed by atoms with Crippen molar-refractivity contribution in [3.05, 3.63) is 47.5 Å². The van der Waals surface area contributed by atoms with Crippen LogP contribution in [0.5, 0.6) is 0 Å². The van der Waals surface area contributed by atoms with E-state index in [1.165, 1.54) is 0 Å². The lowest BCUT2D eigenvalue weighted by molar-refractivity contribution is 0.00537. The SMILES string of the molecule is CC(C)(C)OC(=O)c1ncn2c1[C@@H]1CCN1C(=O)c1ccccc1-2. The van der Waals surface area contributed by atoms with Gasteiger partial charge in [0.25, 0.3) is 5.91 Å². The number of rotatable bonds is 1. The number of benzene rings is 1. The largest absolute Gasteiger partial charge is 0.455 e. The van der Waals surface area contributed by atoms with Crippen molar-refractivity contribution in [2.24, 2.45) is 0 Å². The zero-order valence-corrected chi connectivity index (χ0v) is 13.9. The van der Waals surface area contributed by atoms with Gasteiger partial charge in [-0.25, -0.2) is 9.78 Å². The van der Waals surface area contributed by atoms with Gasteiger partial charge in [0.1, 0.15) is 11.9 Å². The lowest BCUT2D eigenvalue weighted by atomic mass is 9.97. The lowest BCUT2D eigenvalue weighted by Crippen LogP contribution is -2.45. The van der Waals surface area contributed by atoms with Crippen LogP contribution in [-0.4, -0.2) is 38.5 Å². The number of imidazole rings is 1. The Hall–Kier alpha value is -2.63. The van der Waals surface area contributed by atoms with Crippen molar-refractivity contribution in [2.45, 2.75) is 38.8 Å². The summed E-state index contributed by atoms with van der Waals surface area (Å²) in [7, 11) is 0. The summed E-state index contributed by atoms with van der Waals surface area (Å²) < 4.78 is 7.35. The Labute approximate surface area is 140 Å². The highest BCUT2D eigenvalue weighted by Gasteiger charge is 2.43. The van der Waals surface area contributed by atoms with E-state index >= 15 is 0 Å². The van der Waals surface area contributed by atoms with Crippen molar-refractivity contribution in [1.82, 2.24) is 14.5 Å². The number of hydrogen-bond acceptors (Lipinski definition) is 4. The first-order valence-corrected chi connectivity index (χ1v) is 8.08. The number of fused-ring (bicyclic) bond motifs is 5. The minimum Gasteiger partial charge on any atom is -0.455 e. The highest BCUT2D eigenvalue weighted by molar-refractivity contribution is 6.00. The van der Waals surface area contributed by atoms with Crippen molar-refractivity contribution in [1.29, 1.82) is 0 Å². The minimum absolute atomic E-state index is 0.000638. The Kier molecular flexibility index (Phi) is 3.07. The third kappa shape index (κ3) is 2.13. The van der Waals surface area contributed by atoms with E-state index in [1.807, 2.05) is 49.6 Å². The third-order valence-electron chi connectivity index (χ3n) is 4.39. The van der Waals surface area contributed by atoms with Gasteiger partial charge >= 0.3 is 5.97 Å². The minimum atomic E-state index is -0.592. The molecule has 1 amide bonds. The molecule has 1 aromatic carbocycles. The third-order valence-corrected chi connectivity index (χ3v) is 4.39. The van der Waals surface area contributed by atoms with E-state index in [9.17, 15) is 9.59 Å². The van der Waals surface area contributed by atoms with Gasteiger partial charge in [0.2, 0.25) is 0 Å². The van der Waals surface area contributed by atoms with Crippen molar-refractivity contribution < 1.29 is 14.3 Å². The van der Waals surface area contributed by atoms with Crippen LogP contribution in [0, 0.1) is 0 Å². The normalized spacial score (nSPS) is 18.9. The second-order valence-electron chi connectivity index (χ2n) is 7.17. The van der Waals surface area contributed by atoms with E-state index in [0.717, 1.165) is 17.8 Å². The molecule has 0 radical (unpaired) electrons. The summed E-state index contributed by atoms with van der Waals surface area (Å²) >= 11 is 0. The molecule has 6 heteroatoms. The molecule has 0 aliphatic carbocycles. The van der Waals surface area contributed by atoms with E-state index < -0.39 is 11.6 Å². The molecule has 1 fully saturated rings. The summed E-state index contributed by atoms with van der Waals surface area (Å²) in [5, 5.41) is 0. The van der Waals surface area contributed by atoms with Gasteiger partial charge in [-0.2, -0.15) is 0 Å². The predicted octanol–water partition coefficient (Wildman–Crippen LogP) is 2.73. The summed E-state index contributed by atoms with van der Waals surface area (Å²) in [6.45, 7) is 6.17. The van der Waals surface area contributed by atoms with Crippen LogP contribution in [0.4, 0.5) is 0 Å².